The molecule has 0 aliphatic rings. The lowest BCUT2D eigenvalue weighted by atomic mass is 9.95. The molecule has 0 aliphatic heterocycles. The van der Waals surface area contributed by atoms with E-state index in [4.69, 9.17) is 0 Å². The van der Waals surface area contributed by atoms with Crippen LogP contribution in [-0.4, -0.2) is 5.11 Å². The Bertz CT molecular complexity index is 628. The Balaban J connectivity index is 2.42. The smallest absolute Gasteiger partial charge is 0.392 e. The van der Waals surface area contributed by atoms with Gasteiger partial charge in [-0.1, -0.05) is 44.2 Å². The van der Waals surface area contributed by atoms with Crippen molar-refractivity contribution in [3.63, 3.8) is 0 Å². The molecule has 0 atom stereocenters. The molecular formula is C18H19F3O. The van der Waals surface area contributed by atoms with Gasteiger partial charge in [0.1, 0.15) is 0 Å². The van der Waals surface area contributed by atoms with Crippen LogP contribution in [0.25, 0.3) is 11.1 Å². The Labute approximate surface area is 128 Å². The summed E-state index contributed by atoms with van der Waals surface area (Å²) in [5.74, 6) is 0.521. The first-order valence-corrected chi connectivity index (χ1v) is 7.21. The molecule has 2 aromatic rings. The molecule has 2 rings (SSSR count). The van der Waals surface area contributed by atoms with E-state index in [-0.39, 0.29) is 6.61 Å². The monoisotopic (exact) mass is 308 g/mol. The highest BCUT2D eigenvalue weighted by atomic mass is 19.4. The van der Waals surface area contributed by atoms with Gasteiger partial charge in [-0.15, -0.1) is 0 Å². The Kier molecular flexibility index (Phi) is 4.91. The maximum absolute atomic E-state index is 12.9. The molecule has 0 saturated carbocycles. The number of halogens is 3. The van der Waals surface area contributed by atoms with Crippen molar-refractivity contribution in [3.8, 4) is 11.1 Å². The van der Waals surface area contributed by atoms with Crippen LogP contribution in [0.4, 0.5) is 13.2 Å². The number of benzene rings is 2. The lowest BCUT2D eigenvalue weighted by Crippen LogP contribution is -2.06. The standard InChI is InChI=1S/C18H19F3O/c1-12(2)9-13-3-5-14(6-4-13)17-10-16(18(19,20)21)8-7-15(17)11-22/h3-8,10,12,22H,9,11H2,1-2H3. The Morgan fingerprint density at radius 2 is 1.64 bits per heavy atom. The second-order valence-corrected chi connectivity index (χ2v) is 5.82. The van der Waals surface area contributed by atoms with Crippen molar-refractivity contribution < 1.29 is 18.3 Å². The number of alkyl halides is 3. The van der Waals surface area contributed by atoms with Crippen LogP contribution in [0.1, 0.15) is 30.5 Å². The molecule has 1 nitrogen and oxygen atoms in total. The normalized spacial score (nSPS) is 12.0. The minimum absolute atomic E-state index is 0.290. The summed E-state index contributed by atoms with van der Waals surface area (Å²) in [4.78, 5) is 0. The SMILES string of the molecule is CC(C)Cc1ccc(-c2cc(C(F)(F)F)ccc2CO)cc1. The molecule has 118 valence electrons. The van der Waals surface area contributed by atoms with Crippen molar-refractivity contribution in [3.05, 3.63) is 59.2 Å². The molecule has 4 heteroatoms. The van der Waals surface area contributed by atoms with Crippen LogP contribution in [0, 0.1) is 5.92 Å². The van der Waals surface area contributed by atoms with E-state index in [0.717, 1.165) is 24.1 Å². The molecule has 0 spiro atoms. The van der Waals surface area contributed by atoms with Crippen molar-refractivity contribution in [2.24, 2.45) is 5.92 Å². The molecular weight excluding hydrogens is 289 g/mol. The van der Waals surface area contributed by atoms with E-state index < -0.39 is 11.7 Å². The van der Waals surface area contributed by atoms with Gasteiger partial charge in [0, 0.05) is 0 Å². The molecule has 0 fully saturated rings. The second-order valence-electron chi connectivity index (χ2n) is 5.82. The van der Waals surface area contributed by atoms with Crippen LogP contribution < -0.4 is 0 Å². The van der Waals surface area contributed by atoms with E-state index in [1.54, 1.807) is 0 Å². The Morgan fingerprint density at radius 3 is 2.14 bits per heavy atom. The average molecular weight is 308 g/mol. The van der Waals surface area contributed by atoms with Gasteiger partial charge >= 0.3 is 6.18 Å². The summed E-state index contributed by atoms with van der Waals surface area (Å²) < 4.78 is 38.6. The molecule has 1 N–H and O–H groups in total. The van der Waals surface area contributed by atoms with Gasteiger partial charge in [0.2, 0.25) is 0 Å². The van der Waals surface area contributed by atoms with Crippen molar-refractivity contribution in [2.75, 3.05) is 0 Å². The molecule has 0 heterocycles. The summed E-state index contributed by atoms with van der Waals surface area (Å²) in [6, 6.07) is 10.9. The van der Waals surface area contributed by atoms with Crippen molar-refractivity contribution in [2.45, 2.75) is 33.1 Å². The maximum Gasteiger partial charge on any atom is 0.416 e. The first-order valence-electron chi connectivity index (χ1n) is 7.21. The highest BCUT2D eigenvalue weighted by Crippen LogP contribution is 2.34. The second kappa shape index (κ2) is 6.53. The molecule has 0 saturated heterocycles. The molecule has 22 heavy (non-hydrogen) atoms. The molecule has 0 aliphatic carbocycles. The summed E-state index contributed by atoms with van der Waals surface area (Å²) >= 11 is 0. The summed E-state index contributed by atoms with van der Waals surface area (Å²) in [5.41, 5.74) is 2.04. The van der Waals surface area contributed by atoms with Crippen LogP contribution in [0.5, 0.6) is 0 Å². The summed E-state index contributed by atoms with van der Waals surface area (Å²) in [7, 11) is 0. The van der Waals surface area contributed by atoms with Gasteiger partial charge < -0.3 is 5.11 Å². The number of hydrogen-bond donors (Lipinski definition) is 1. The maximum atomic E-state index is 12.9. The quantitative estimate of drug-likeness (QED) is 0.836. The van der Waals surface area contributed by atoms with E-state index in [9.17, 15) is 18.3 Å². The number of aliphatic hydroxyl groups is 1. The Morgan fingerprint density at radius 1 is 1.00 bits per heavy atom. The first kappa shape index (κ1) is 16.6. The molecule has 2 aromatic carbocycles. The van der Waals surface area contributed by atoms with Gasteiger partial charge in [0.05, 0.1) is 12.2 Å². The summed E-state index contributed by atoms with van der Waals surface area (Å²) in [6.07, 6.45) is -3.46. The zero-order valence-corrected chi connectivity index (χ0v) is 12.6. The fourth-order valence-corrected chi connectivity index (χ4v) is 2.45. The van der Waals surface area contributed by atoms with Gasteiger partial charge in [-0.3, -0.25) is 0 Å². The minimum Gasteiger partial charge on any atom is -0.392 e. The van der Waals surface area contributed by atoms with E-state index in [1.165, 1.54) is 6.07 Å². The Hall–Kier alpha value is -1.81. The van der Waals surface area contributed by atoms with Crippen LogP contribution in [-0.2, 0) is 19.2 Å². The molecule has 0 aromatic heterocycles. The molecule has 0 radical (unpaired) electrons. The predicted octanol–water partition coefficient (Wildman–Crippen LogP) is 5.06. The average Bonchev–Trinajstić information content (AvgIpc) is 2.46. The third-order valence-electron chi connectivity index (χ3n) is 3.52. The number of rotatable bonds is 4. The van der Waals surface area contributed by atoms with Crippen molar-refractivity contribution in [1.29, 1.82) is 0 Å². The van der Waals surface area contributed by atoms with Gasteiger partial charge in [-0.25, -0.2) is 0 Å². The van der Waals surface area contributed by atoms with Crippen molar-refractivity contribution in [1.82, 2.24) is 0 Å². The van der Waals surface area contributed by atoms with Crippen LogP contribution in [0.2, 0.25) is 0 Å². The number of hydrogen-bond acceptors (Lipinski definition) is 1. The molecule has 0 amide bonds. The fraction of sp³-hybridized carbons (Fsp3) is 0.333. The third-order valence-corrected chi connectivity index (χ3v) is 3.52. The lowest BCUT2D eigenvalue weighted by molar-refractivity contribution is -0.137. The van der Waals surface area contributed by atoms with Gasteiger partial charge in [0.15, 0.2) is 0 Å². The minimum atomic E-state index is -4.39. The highest BCUT2D eigenvalue weighted by Gasteiger charge is 2.31. The van der Waals surface area contributed by atoms with Gasteiger partial charge in [-0.2, -0.15) is 13.2 Å². The molecule has 0 bridgehead atoms. The van der Waals surface area contributed by atoms with Gasteiger partial charge in [-0.05, 0) is 46.7 Å². The van der Waals surface area contributed by atoms with E-state index in [0.29, 0.717) is 22.6 Å². The summed E-state index contributed by atoms with van der Waals surface area (Å²) in [6.45, 7) is 3.94. The van der Waals surface area contributed by atoms with Crippen LogP contribution >= 0.6 is 0 Å². The van der Waals surface area contributed by atoms with Crippen LogP contribution in [0.3, 0.4) is 0 Å². The lowest BCUT2D eigenvalue weighted by Gasteiger charge is -2.13. The molecule has 0 unspecified atom stereocenters. The predicted molar refractivity (Wildman–Crippen MR) is 81.3 cm³/mol. The van der Waals surface area contributed by atoms with Gasteiger partial charge in [0.25, 0.3) is 0 Å². The zero-order valence-electron chi connectivity index (χ0n) is 12.6. The van der Waals surface area contributed by atoms with E-state index in [2.05, 4.69) is 13.8 Å². The largest absolute Gasteiger partial charge is 0.416 e. The highest BCUT2D eigenvalue weighted by molar-refractivity contribution is 5.68. The van der Waals surface area contributed by atoms with Crippen LogP contribution in [0.15, 0.2) is 42.5 Å². The number of aliphatic hydroxyl groups excluding tert-OH is 1. The van der Waals surface area contributed by atoms with E-state index >= 15 is 0 Å². The zero-order chi connectivity index (χ0) is 16.3. The fourth-order valence-electron chi connectivity index (χ4n) is 2.45. The summed E-state index contributed by atoms with van der Waals surface area (Å²) in [5, 5.41) is 9.37. The first-order chi connectivity index (χ1) is 10.3. The topological polar surface area (TPSA) is 20.2 Å². The van der Waals surface area contributed by atoms with Crippen molar-refractivity contribution >= 4 is 0 Å². The third kappa shape index (κ3) is 3.89. The van der Waals surface area contributed by atoms with E-state index in [1.807, 2.05) is 24.3 Å².